The number of benzene rings is 2. The number of carbonyl (C=O) groups excluding carboxylic acids is 1. The standard InChI is InChI=1S/C28H37FN4O2/c1-19-10-9-11-20(14-19)15-23-25(21-12-7-6-8-13-21)32-27(31-23)26(28(2,3)4)33(17-22(29)16-30)24(34)18-35-5/h6-14,22,26H,15-18,30H2,1-5H3,(H,31,32)/t22-,26+/m1/s1. The summed E-state index contributed by atoms with van der Waals surface area (Å²) in [7, 11) is 1.46. The third-order valence-electron chi connectivity index (χ3n) is 5.94. The minimum Gasteiger partial charge on any atom is -0.375 e. The third-order valence-corrected chi connectivity index (χ3v) is 5.94. The van der Waals surface area contributed by atoms with Crippen LogP contribution < -0.4 is 5.73 Å². The molecular weight excluding hydrogens is 443 g/mol. The Morgan fingerprint density at radius 1 is 1.17 bits per heavy atom. The Bertz CT molecular complexity index is 1110. The van der Waals surface area contributed by atoms with Gasteiger partial charge in [0.05, 0.1) is 18.3 Å². The fourth-order valence-electron chi connectivity index (χ4n) is 4.42. The van der Waals surface area contributed by atoms with Crippen LogP contribution in [0.25, 0.3) is 11.3 Å². The van der Waals surface area contributed by atoms with Gasteiger partial charge in [-0.05, 0) is 17.9 Å². The fourth-order valence-corrected chi connectivity index (χ4v) is 4.42. The number of rotatable bonds is 10. The zero-order chi connectivity index (χ0) is 25.6. The van der Waals surface area contributed by atoms with Crippen molar-refractivity contribution in [2.45, 2.75) is 46.3 Å². The van der Waals surface area contributed by atoms with Crippen LogP contribution in [0.3, 0.4) is 0 Å². The highest BCUT2D eigenvalue weighted by Gasteiger charge is 2.38. The molecular formula is C28H37FN4O2. The Morgan fingerprint density at radius 2 is 1.89 bits per heavy atom. The van der Waals surface area contributed by atoms with Crippen molar-refractivity contribution in [3.63, 3.8) is 0 Å². The largest absolute Gasteiger partial charge is 0.375 e. The fraction of sp³-hybridized carbons (Fsp3) is 0.429. The van der Waals surface area contributed by atoms with Crippen molar-refractivity contribution in [1.82, 2.24) is 14.9 Å². The number of nitrogens with two attached hydrogens (primary N) is 1. The predicted octanol–water partition coefficient (Wildman–Crippen LogP) is 4.83. The smallest absolute Gasteiger partial charge is 0.249 e. The zero-order valence-corrected chi connectivity index (χ0v) is 21.3. The van der Waals surface area contributed by atoms with E-state index >= 15 is 0 Å². The molecule has 0 saturated carbocycles. The number of carbonyl (C=O) groups is 1. The first-order chi connectivity index (χ1) is 16.6. The van der Waals surface area contributed by atoms with Crippen molar-refractivity contribution in [1.29, 1.82) is 0 Å². The monoisotopic (exact) mass is 480 g/mol. The maximum atomic E-state index is 14.5. The highest BCUT2D eigenvalue weighted by Crippen LogP contribution is 2.39. The van der Waals surface area contributed by atoms with Crippen LogP contribution in [0.2, 0.25) is 0 Å². The van der Waals surface area contributed by atoms with Gasteiger partial charge in [-0.15, -0.1) is 0 Å². The number of alkyl halides is 1. The van der Waals surface area contributed by atoms with Crippen LogP contribution in [0.15, 0.2) is 54.6 Å². The van der Waals surface area contributed by atoms with E-state index in [9.17, 15) is 9.18 Å². The number of nitrogens with one attached hydrogen (secondary N) is 1. The molecule has 7 heteroatoms. The van der Waals surface area contributed by atoms with Crippen molar-refractivity contribution in [3.05, 3.63) is 77.2 Å². The molecule has 0 aliphatic carbocycles. The normalized spacial score (nSPS) is 13.5. The summed E-state index contributed by atoms with van der Waals surface area (Å²) in [5.74, 6) is 0.314. The zero-order valence-electron chi connectivity index (χ0n) is 21.3. The SMILES string of the molecule is COCC(=O)N(C[C@H](F)CN)[C@@H](c1nc(-c2ccccc2)c(Cc2cccc(C)c2)[nH]1)C(C)(C)C. The molecule has 0 radical (unpaired) electrons. The Balaban J connectivity index is 2.14. The van der Waals surface area contributed by atoms with Crippen molar-refractivity contribution in [2.24, 2.45) is 11.1 Å². The van der Waals surface area contributed by atoms with Crippen LogP contribution in [0.1, 0.15) is 49.5 Å². The van der Waals surface area contributed by atoms with E-state index in [2.05, 4.69) is 30.1 Å². The number of H-pyrrole nitrogens is 1. The molecule has 6 nitrogen and oxygen atoms in total. The van der Waals surface area contributed by atoms with Crippen molar-refractivity contribution >= 4 is 5.91 Å². The van der Waals surface area contributed by atoms with E-state index in [1.54, 1.807) is 0 Å². The average Bonchev–Trinajstić information content (AvgIpc) is 3.21. The number of halogens is 1. The number of aromatic amines is 1. The molecule has 2 atom stereocenters. The Labute approximate surface area is 207 Å². The average molecular weight is 481 g/mol. The topological polar surface area (TPSA) is 84.2 Å². The number of aromatic nitrogens is 2. The van der Waals surface area contributed by atoms with Crippen LogP contribution >= 0.6 is 0 Å². The minimum absolute atomic E-state index is 0.130. The van der Waals surface area contributed by atoms with E-state index in [1.807, 2.05) is 57.2 Å². The van der Waals surface area contributed by atoms with E-state index in [0.29, 0.717) is 12.2 Å². The van der Waals surface area contributed by atoms with Gasteiger partial charge in [0.2, 0.25) is 5.91 Å². The molecule has 0 bridgehead atoms. The van der Waals surface area contributed by atoms with E-state index in [0.717, 1.165) is 22.5 Å². The predicted molar refractivity (Wildman–Crippen MR) is 138 cm³/mol. The second-order valence-corrected chi connectivity index (χ2v) is 10.1. The lowest BCUT2D eigenvalue weighted by molar-refractivity contribution is -0.141. The second kappa shape index (κ2) is 11.6. The van der Waals surface area contributed by atoms with E-state index < -0.39 is 17.6 Å². The van der Waals surface area contributed by atoms with Gasteiger partial charge >= 0.3 is 0 Å². The summed E-state index contributed by atoms with van der Waals surface area (Å²) < 4.78 is 19.6. The maximum Gasteiger partial charge on any atom is 0.249 e. The summed E-state index contributed by atoms with van der Waals surface area (Å²) in [6.07, 6.45) is -0.702. The molecule has 0 unspecified atom stereocenters. The van der Waals surface area contributed by atoms with Gasteiger partial charge in [-0.2, -0.15) is 0 Å². The van der Waals surface area contributed by atoms with Gasteiger partial charge in [-0.1, -0.05) is 80.9 Å². The molecule has 0 aliphatic rings. The van der Waals surface area contributed by atoms with Gasteiger partial charge in [0, 0.05) is 31.3 Å². The lowest BCUT2D eigenvalue weighted by atomic mass is 9.84. The first-order valence-corrected chi connectivity index (χ1v) is 12.0. The maximum absolute atomic E-state index is 14.5. The molecule has 3 aromatic rings. The number of imidazole rings is 1. The first-order valence-electron chi connectivity index (χ1n) is 12.0. The van der Waals surface area contributed by atoms with E-state index in [4.69, 9.17) is 15.5 Å². The quantitative estimate of drug-likeness (QED) is 0.435. The van der Waals surface area contributed by atoms with Crippen molar-refractivity contribution < 1.29 is 13.9 Å². The molecule has 1 heterocycles. The number of amides is 1. The van der Waals surface area contributed by atoms with Crippen molar-refractivity contribution in [3.8, 4) is 11.3 Å². The minimum atomic E-state index is -1.35. The first kappa shape index (κ1) is 26.6. The summed E-state index contributed by atoms with van der Waals surface area (Å²) in [6.45, 7) is 7.68. The van der Waals surface area contributed by atoms with Crippen LogP contribution in [0, 0.1) is 12.3 Å². The molecule has 2 aromatic carbocycles. The van der Waals surface area contributed by atoms with Crippen molar-refractivity contribution in [2.75, 3.05) is 26.8 Å². The molecule has 3 N–H and O–H groups in total. The molecule has 35 heavy (non-hydrogen) atoms. The Morgan fingerprint density at radius 3 is 2.49 bits per heavy atom. The van der Waals surface area contributed by atoms with Crippen LogP contribution in [0.4, 0.5) is 4.39 Å². The summed E-state index contributed by atoms with van der Waals surface area (Å²) in [4.78, 5) is 23.2. The molecule has 0 saturated heterocycles. The number of methoxy groups -OCH3 is 1. The lowest BCUT2D eigenvalue weighted by Crippen LogP contribution is -2.47. The molecule has 188 valence electrons. The van der Waals surface area contributed by atoms with E-state index in [1.165, 1.54) is 17.6 Å². The number of aryl methyl sites for hydroxylation is 1. The van der Waals surface area contributed by atoms with Crippen LogP contribution in [-0.4, -0.2) is 53.8 Å². The highest BCUT2D eigenvalue weighted by molar-refractivity contribution is 5.78. The number of hydrogen-bond donors (Lipinski definition) is 2. The van der Waals surface area contributed by atoms with Gasteiger partial charge in [0.15, 0.2) is 0 Å². The van der Waals surface area contributed by atoms with Gasteiger partial charge in [-0.3, -0.25) is 4.79 Å². The molecule has 0 fully saturated rings. The highest BCUT2D eigenvalue weighted by atomic mass is 19.1. The van der Waals surface area contributed by atoms with E-state index in [-0.39, 0.29) is 25.6 Å². The number of nitrogens with zero attached hydrogens (tertiary/aromatic N) is 2. The molecule has 0 spiro atoms. The van der Waals surface area contributed by atoms with Crippen LogP contribution in [-0.2, 0) is 16.0 Å². The van der Waals surface area contributed by atoms with Gasteiger partial charge in [0.1, 0.15) is 18.6 Å². The summed E-state index contributed by atoms with van der Waals surface area (Å²) in [6, 6.07) is 17.8. The Hall–Kier alpha value is -3.03. The molecule has 1 aromatic heterocycles. The summed E-state index contributed by atoms with van der Waals surface area (Å²) in [5, 5.41) is 0. The summed E-state index contributed by atoms with van der Waals surface area (Å²) in [5.41, 5.74) is 10.2. The number of ether oxygens (including phenoxy) is 1. The summed E-state index contributed by atoms with van der Waals surface area (Å²) >= 11 is 0. The second-order valence-electron chi connectivity index (χ2n) is 10.1. The third kappa shape index (κ3) is 6.77. The number of hydrogen-bond acceptors (Lipinski definition) is 4. The van der Waals surface area contributed by atoms with Gasteiger partial charge in [-0.25, -0.2) is 9.37 Å². The Kier molecular flexibility index (Phi) is 8.81. The lowest BCUT2D eigenvalue weighted by Gasteiger charge is -2.39. The van der Waals surface area contributed by atoms with Crippen LogP contribution in [0.5, 0.6) is 0 Å². The molecule has 3 rings (SSSR count). The van der Waals surface area contributed by atoms with Gasteiger partial charge in [0.25, 0.3) is 0 Å². The molecule has 0 aliphatic heterocycles. The van der Waals surface area contributed by atoms with Gasteiger partial charge < -0.3 is 20.4 Å². The molecule has 1 amide bonds.